The third-order valence-electron chi connectivity index (χ3n) is 4.11. The topological polar surface area (TPSA) is 84.0 Å². The van der Waals surface area contributed by atoms with Crippen molar-refractivity contribution >= 4 is 67.4 Å². The van der Waals surface area contributed by atoms with E-state index in [0.717, 1.165) is 21.1 Å². The standard InChI is InChI=1S/C20H18N4O2S4/c25-17(23-19-21-13(11-29-19)15-5-3-9-27-15)7-1-2-8-18(26)24-20-22-14(12-30-20)16-6-4-10-28-16/h3-6,9-12H,1-2,7-8H2,(H,21,23,25)(H,22,24,26). The molecule has 4 aromatic rings. The summed E-state index contributed by atoms with van der Waals surface area (Å²) in [6.45, 7) is 0. The minimum atomic E-state index is -0.0806. The molecular formula is C20H18N4O2S4. The van der Waals surface area contributed by atoms with E-state index in [1.165, 1.54) is 22.7 Å². The van der Waals surface area contributed by atoms with Crippen LogP contribution in [0.2, 0.25) is 0 Å². The van der Waals surface area contributed by atoms with Gasteiger partial charge >= 0.3 is 0 Å². The van der Waals surface area contributed by atoms with Crippen LogP contribution in [0.4, 0.5) is 10.3 Å². The molecule has 0 fully saturated rings. The van der Waals surface area contributed by atoms with Crippen LogP contribution in [0.15, 0.2) is 45.8 Å². The van der Waals surface area contributed by atoms with Crippen molar-refractivity contribution in [2.45, 2.75) is 25.7 Å². The van der Waals surface area contributed by atoms with E-state index >= 15 is 0 Å². The Kier molecular flexibility index (Phi) is 7.00. The van der Waals surface area contributed by atoms with Crippen molar-refractivity contribution in [1.82, 2.24) is 9.97 Å². The lowest BCUT2D eigenvalue weighted by Crippen LogP contribution is -2.13. The molecule has 0 aromatic carbocycles. The van der Waals surface area contributed by atoms with E-state index in [-0.39, 0.29) is 11.8 Å². The van der Waals surface area contributed by atoms with Gasteiger partial charge in [0.05, 0.1) is 21.1 Å². The Balaban J connectivity index is 1.15. The van der Waals surface area contributed by atoms with Gasteiger partial charge < -0.3 is 10.6 Å². The molecule has 0 aliphatic rings. The third-order valence-corrected chi connectivity index (χ3v) is 7.41. The zero-order chi connectivity index (χ0) is 20.8. The molecule has 0 aliphatic carbocycles. The molecule has 154 valence electrons. The number of rotatable bonds is 9. The minimum Gasteiger partial charge on any atom is -0.302 e. The molecule has 0 bridgehead atoms. The maximum absolute atomic E-state index is 12.1. The fourth-order valence-corrected chi connectivity index (χ4v) is 5.65. The van der Waals surface area contributed by atoms with Gasteiger partial charge in [0.15, 0.2) is 10.3 Å². The number of hydrogen-bond acceptors (Lipinski definition) is 8. The zero-order valence-electron chi connectivity index (χ0n) is 15.8. The Labute approximate surface area is 189 Å². The predicted octanol–water partition coefficient (Wildman–Crippen LogP) is 6.19. The van der Waals surface area contributed by atoms with E-state index in [1.807, 2.05) is 45.8 Å². The van der Waals surface area contributed by atoms with Gasteiger partial charge in [-0.1, -0.05) is 12.1 Å². The van der Waals surface area contributed by atoms with Crippen LogP contribution >= 0.6 is 45.3 Å². The van der Waals surface area contributed by atoms with Crippen molar-refractivity contribution < 1.29 is 9.59 Å². The summed E-state index contributed by atoms with van der Waals surface area (Å²) in [6.07, 6.45) is 2.00. The highest BCUT2D eigenvalue weighted by Crippen LogP contribution is 2.29. The van der Waals surface area contributed by atoms with Gasteiger partial charge in [-0.05, 0) is 35.7 Å². The van der Waals surface area contributed by atoms with Crippen LogP contribution < -0.4 is 10.6 Å². The fraction of sp³-hybridized carbons (Fsp3) is 0.200. The van der Waals surface area contributed by atoms with Crippen molar-refractivity contribution in [2.24, 2.45) is 0 Å². The number of thiophene rings is 2. The van der Waals surface area contributed by atoms with Gasteiger partial charge in [-0.3, -0.25) is 9.59 Å². The number of carbonyl (C=O) groups excluding carboxylic acids is 2. The molecule has 0 unspecified atom stereocenters. The van der Waals surface area contributed by atoms with E-state index in [1.54, 1.807) is 22.7 Å². The first-order chi connectivity index (χ1) is 14.7. The van der Waals surface area contributed by atoms with E-state index < -0.39 is 0 Å². The molecule has 0 aliphatic heterocycles. The van der Waals surface area contributed by atoms with Crippen molar-refractivity contribution in [1.29, 1.82) is 0 Å². The summed E-state index contributed by atoms with van der Waals surface area (Å²) in [5, 5.41) is 14.8. The molecule has 0 atom stereocenters. The van der Waals surface area contributed by atoms with E-state index in [4.69, 9.17) is 0 Å². The number of thiazole rings is 2. The van der Waals surface area contributed by atoms with Crippen LogP contribution in [-0.2, 0) is 9.59 Å². The number of hydrogen-bond donors (Lipinski definition) is 2. The summed E-state index contributed by atoms with van der Waals surface area (Å²) in [7, 11) is 0. The molecule has 0 saturated heterocycles. The highest BCUT2D eigenvalue weighted by atomic mass is 32.1. The number of amides is 2. The summed E-state index contributed by atoms with van der Waals surface area (Å²) < 4.78 is 0. The van der Waals surface area contributed by atoms with Crippen molar-refractivity contribution in [2.75, 3.05) is 10.6 Å². The van der Waals surface area contributed by atoms with E-state index in [9.17, 15) is 9.59 Å². The maximum Gasteiger partial charge on any atom is 0.226 e. The summed E-state index contributed by atoms with van der Waals surface area (Å²) in [5.41, 5.74) is 1.76. The molecule has 10 heteroatoms. The molecule has 0 radical (unpaired) electrons. The smallest absolute Gasteiger partial charge is 0.226 e. The van der Waals surface area contributed by atoms with Gasteiger partial charge in [0.25, 0.3) is 0 Å². The Morgan fingerprint density at radius 3 is 1.60 bits per heavy atom. The molecule has 30 heavy (non-hydrogen) atoms. The minimum absolute atomic E-state index is 0.0806. The second-order valence-electron chi connectivity index (χ2n) is 6.33. The predicted molar refractivity (Wildman–Crippen MR) is 127 cm³/mol. The molecule has 0 saturated carbocycles. The van der Waals surface area contributed by atoms with Crippen molar-refractivity contribution in [3.8, 4) is 21.1 Å². The third kappa shape index (κ3) is 5.60. The zero-order valence-corrected chi connectivity index (χ0v) is 19.1. The second kappa shape index (κ2) is 10.1. The Bertz CT molecular complexity index is 1010. The van der Waals surface area contributed by atoms with Crippen LogP contribution in [0.5, 0.6) is 0 Å². The number of nitrogens with zero attached hydrogens (tertiary/aromatic N) is 2. The normalized spacial score (nSPS) is 10.8. The number of unbranched alkanes of at least 4 members (excludes halogenated alkanes) is 1. The van der Waals surface area contributed by atoms with Gasteiger partial charge in [-0.2, -0.15) is 0 Å². The molecule has 2 N–H and O–H groups in total. The van der Waals surface area contributed by atoms with Gasteiger partial charge in [0, 0.05) is 23.6 Å². The van der Waals surface area contributed by atoms with Crippen LogP contribution in [0.1, 0.15) is 25.7 Å². The lowest BCUT2D eigenvalue weighted by atomic mass is 10.2. The summed E-state index contributed by atoms with van der Waals surface area (Å²) in [4.78, 5) is 35.3. The summed E-state index contributed by atoms with van der Waals surface area (Å²) >= 11 is 6.07. The summed E-state index contributed by atoms with van der Waals surface area (Å²) in [6, 6.07) is 7.96. The van der Waals surface area contributed by atoms with Crippen LogP contribution in [0.25, 0.3) is 21.1 Å². The number of aromatic nitrogens is 2. The average Bonchev–Trinajstić information content (AvgIpc) is 3.52. The number of nitrogens with one attached hydrogen (secondary N) is 2. The molecule has 4 aromatic heterocycles. The Morgan fingerprint density at radius 2 is 1.20 bits per heavy atom. The molecular weight excluding hydrogens is 457 g/mol. The number of anilines is 2. The molecule has 2 amide bonds. The first-order valence-electron chi connectivity index (χ1n) is 9.26. The Morgan fingerprint density at radius 1 is 0.733 bits per heavy atom. The molecule has 4 heterocycles. The van der Waals surface area contributed by atoms with E-state index in [0.29, 0.717) is 35.9 Å². The highest BCUT2D eigenvalue weighted by Gasteiger charge is 2.11. The lowest BCUT2D eigenvalue weighted by molar-refractivity contribution is -0.118. The van der Waals surface area contributed by atoms with Crippen LogP contribution in [-0.4, -0.2) is 21.8 Å². The van der Waals surface area contributed by atoms with Crippen molar-refractivity contribution in [3.63, 3.8) is 0 Å². The first-order valence-corrected chi connectivity index (χ1v) is 12.8. The largest absolute Gasteiger partial charge is 0.302 e. The SMILES string of the molecule is O=C(CCCCC(=O)Nc1nc(-c2cccs2)cs1)Nc1nc(-c2cccs2)cs1. The molecule has 6 nitrogen and oxygen atoms in total. The van der Waals surface area contributed by atoms with E-state index in [2.05, 4.69) is 20.6 Å². The van der Waals surface area contributed by atoms with Gasteiger partial charge in [0.2, 0.25) is 11.8 Å². The number of carbonyl (C=O) groups is 2. The first kappa shape index (κ1) is 20.9. The fourth-order valence-electron chi connectivity index (χ4n) is 2.67. The average molecular weight is 475 g/mol. The second-order valence-corrected chi connectivity index (χ2v) is 9.95. The van der Waals surface area contributed by atoms with Gasteiger partial charge in [-0.15, -0.1) is 45.3 Å². The van der Waals surface area contributed by atoms with Gasteiger partial charge in [0.1, 0.15) is 0 Å². The quantitative estimate of drug-likeness (QED) is 0.283. The summed E-state index contributed by atoms with van der Waals surface area (Å²) in [5.74, 6) is -0.161. The highest BCUT2D eigenvalue weighted by molar-refractivity contribution is 7.16. The molecule has 0 spiro atoms. The van der Waals surface area contributed by atoms with Crippen LogP contribution in [0.3, 0.4) is 0 Å². The van der Waals surface area contributed by atoms with Crippen LogP contribution in [0, 0.1) is 0 Å². The van der Waals surface area contributed by atoms with Gasteiger partial charge in [-0.25, -0.2) is 9.97 Å². The maximum atomic E-state index is 12.1. The lowest BCUT2D eigenvalue weighted by Gasteiger charge is -2.03. The van der Waals surface area contributed by atoms with Crippen molar-refractivity contribution in [3.05, 3.63) is 45.8 Å². The molecule has 4 rings (SSSR count). The monoisotopic (exact) mass is 474 g/mol. The Hall–Kier alpha value is -2.40.